The first kappa shape index (κ1) is 14.3. The van der Waals surface area contributed by atoms with Crippen LogP contribution in [0.2, 0.25) is 0 Å². The molecule has 1 atom stereocenters. The standard InChI is InChI=1S/C15H17BrN4O/c16-12-13(10-5-2-1-3-6-10)19-20-14(12)15(21)18-11-7-4-8-17-9-11/h1-3,5-6,11,17H,4,7-9H2,(H,18,21)(H,19,20)/t11-/m0/s1. The van der Waals surface area contributed by atoms with E-state index in [4.69, 9.17) is 0 Å². The molecule has 0 radical (unpaired) electrons. The highest BCUT2D eigenvalue weighted by atomic mass is 79.9. The van der Waals surface area contributed by atoms with E-state index in [-0.39, 0.29) is 11.9 Å². The Morgan fingerprint density at radius 1 is 1.33 bits per heavy atom. The average molecular weight is 349 g/mol. The van der Waals surface area contributed by atoms with Gasteiger partial charge in [-0.3, -0.25) is 9.89 Å². The monoisotopic (exact) mass is 348 g/mol. The van der Waals surface area contributed by atoms with Gasteiger partial charge in [0.25, 0.3) is 5.91 Å². The summed E-state index contributed by atoms with van der Waals surface area (Å²) in [6.45, 7) is 1.85. The molecule has 5 nitrogen and oxygen atoms in total. The minimum atomic E-state index is -0.120. The van der Waals surface area contributed by atoms with E-state index in [9.17, 15) is 4.79 Å². The molecule has 1 saturated heterocycles. The van der Waals surface area contributed by atoms with Gasteiger partial charge < -0.3 is 10.6 Å². The van der Waals surface area contributed by atoms with Crippen molar-refractivity contribution in [3.63, 3.8) is 0 Å². The third kappa shape index (κ3) is 3.16. The lowest BCUT2D eigenvalue weighted by Crippen LogP contribution is -2.45. The van der Waals surface area contributed by atoms with Crippen molar-refractivity contribution in [3.8, 4) is 11.3 Å². The number of carbonyl (C=O) groups is 1. The fourth-order valence-corrected chi connectivity index (χ4v) is 3.08. The maximum atomic E-state index is 12.3. The van der Waals surface area contributed by atoms with Crippen LogP contribution in [0, 0.1) is 0 Å². The zero-order valence-corrected chi connectivity index (χ0v) is 13.1. The quantitative estimate of drug-likeness (QED) is 0.797. The van der Waals surface area contributed by atoms with Crippen LogP contribution in [0.4, 0.5) is 0 Å². The molecule has 0 unspecified atom stereocenters. The van der Waals surface area contributed by atoms with Crippen molar-refractivity contribution in [2.24, 2.45) is 0 Å². The Morgan fingerprint density at radius 2 is 2.14 bits per heavy atom. The number of hydrogen-bond donors (Lipinski definition) is 3. The number of nitrogens with one attached hydrogen (secondary N) is 3. The summed E-state index contributed by atoms with van der Waals surface area (Å²) >= 11 is 3.48. The SMILES string of the molecule is O=C(N[C@H]1CCCNC1)c1[nH]nc(-c2ccccc2)c1Br. The summed E-state index contributed by atoms with van der Waals surface area (Å²) in [5, 5.41) is 13.4. The van der Waals surface area contributed by atoms with E-state index in [0.717, 1.165) is 37.2 Å². The van der Waals surface area contributed by atoms with E-state index in [0.29, 0.717) is 10.2 Å². The Balaban J connectivity index is 1.77. The summed E-state index contributed by atoms with van der Waals surface area (Å²) in [5.41, 5.74) is 2.20. The number of rotatable bonds is 3. The van der Waals surface area contributed by atoms with Crippen molar-refractivity contribution in [3.05, 3.63) is 40.5 Å². The maximum absolute atomic E-state index is 12.3. The summed E-state index contributed by atoms with van der Waals surface area (Å²) in [4.78, 5) is 12.3. The van der Waals surface area contributed by atoms with E-state index in [2.05, 4.69) is 36.8 Å². The predicted octanol–water partition coefficient (Wildman–Crippen LogP) is 2.32. The minimum absolute atomic E-state index is 0.120. The first-order valence-corrected chi connectivity index (χ1v) is 7.86. The first-order valence-electron chi connectivity index (χ1n) is 7.06. The molecule has 3 N–H and O–H groups in total. The maximum Gasteiger partial charge on any atom is 0.270 e. The van der Waals surface area contributed by atoms with Crippen LogP contribution in [-0.4, -0.2) is 35.2 Å². The number of piperidine rings is 1. The number of hydrogen-bond acceptors (Lipinski definition) is 3. The fourth-order valence-electron chi connectivity index (χ4n) is 2.50. The van der Waals surface area contributed by atoms with Crippen LogP contribution in [0.1, 0.15) is 23.3 Å². The van der Waals surface area contributed by atoms with Gasteiger partial charge in [0.15, 0.2) is 0 Å². The van der Waals surface area contributed by atoms with Crippen molar-refractivity contribution in [2.75, 3.05) is 13.1 Å². The largest absolute Gasteiger partial charge is 0.347 e. The normalized spacial score (nSPS) is 18.4. The molecule has 6 heteroatoms. The molecule has 1 aliphatic heterocycles. The molecule has 1 fully saturated rings. The average Bonchev–Trinajstić information content (AvgIpc) is 2.91. The van der Waals surface area contributed by atoms with Gasteiger partial charge in [-0.1, -0.05) is 30.3 Å². The van der Waals surface area contributed by atoms with Crippen molar-refractivity contribution in [1.29, 1.82) is 0 Å². The molecule has 1 aromatic heterocycles. The Labute approximate surface area is 131 Å². The van der Waals surface area contributed by atoms with Gasteiger partial charge in [0, 0.05) is 18.2 Å². The first-order chi connectivity index (χ1) is 10.3. The van der Waals surface area contributed by atoms with E-state index in [1.54, 1.807) is 0 Å². The second kappa shape index (κ2) is 6.41. The van der Waals surface area contributed by atoms with Crippen LogP contribution in [0.5, 0.6) is 0 Å². The summed E-state index contributed by atoms with van der Waals surface area (Å²) in [7, 11) is 0. The van der Waals surface area contributed by atoms with Gasteiger partial charge in [-0.25, -0.2) is 0 Å². The Morgan fingerprint density at radius 3 is 2.86 bits per heavy atom. The number of carbonyl (C=O) groups excluding carboxylic acids is 1. The van der Waals surface area contributed by atoms with Crippen molar-refractivity contribution in [1.82, 2.24) is 20.8 Å². The molecule has 2 heterocycles. The van der Waals surface area contributed by atoms with E-state index >= 15 is 0 Å². The van der Waals surface area contributed by atoms with Crippen LogP contribution >= 0.6 is 15.9 Å². The highest BCUT2D eigenvalue weighted by Gasteiger charge is 2.21. The highest BCUT2D eigenvalue weighted by molar-refractivity contribution is 9.10. The highest BCUT2D eigenvalue weighted by Crippen LogP contribution is 2.28. The molecular formula is C15H17BrN4O. The minimum Gasteiger partial charge on any atom is -0.347 e. The predicted molar refractivity (Wildman–Crippen MR) is 85.1 cm³/mol. The summed E-state index contributed by atoms with van der Waals surface area (Å²) in [6, 6.07) is 9.96. The topological polar surface area (TPSA) is 69.8 Å². The molecule has 0 aliphatic carbocycles. The van der Waals surface area contributed by atoms with Crippen LogP contribution in [-0.2, 0) is 0 Å². The molecule has 3 rings (SSSR count). The number of aromatic nitrogens is 2. The molecule has 1 amide bonds. The lowest BCUT2D eigenvalue weighted by molar-refractivity contribution is 0.0925. The van der Waals surface area contributed by atoms with Gasteiger partial charge in [-0.15, -0.1) is 0 Å². The molecule has 110 valence electrons. The second-order valence-corrected chi connectivity index (χ2v) is 5.94. The molecule has 21 heavy (non-hydrogen) atoms. The van der Waals surface area contributed by atoms with Crippen molar-refractivity contribution in [2.45, 2.75) is 18.9 Å². The Kier molecular flexibility index (Phi) is 4.36. The molecule has 1 aliphatic rings. The van der Waals surface area contributed by atoms with Crippen LogP contribution in [0.15, 0.2) is 34.8 Å². The number of nitrogens with zero attached hydrogens (tertiary/aromatic N) is 1. The number of benzene rings is 1. The van der Waals surface area contributed by atoms with Crippen LogP contribution in [0.25, 0.3) is 11.3 Å². The van der Waals surface area contributed by atoms with E-state index in [1.807, 2.05) is 30.3 Å². The van der Waals surface area contributed by atoms with Gasteiger partial charge in [-0.2, -0.15) is 5.10 Å². The Hall–Kier alpha value is -1.66. The Bertz CT molecular complexity index is 620. The smallest absolute Gasteiger partial charge is 0.270 e. The summed E-state index contributed by atoms with van der Waals surface area (Å²) in [5.74, 6) is -0.120. The summed E-state index contributed by atoms with van der Waals surface area (Å²) < 4.78 is 0.704. The van der Waals surface area contributed by atoms with Gasteiger partial charge in [0.2, 0.25) is 0 Å². The van der Waals surface area contributed by atoms with Crippen molar-refractivity contribution < 1.29 is 4.79 Å². The number of amides is 1. The van der Waals surface area contributed by atoms with Gasteiger partial charge in [0.1, 0.15) is 11.4 Å². The van der Waals surface area contributed by atoms with E-state index < -0.39 is 0 Å². The second-order valence-electron chi connectivity index (χ2n) is 5.14. The molecule has 0 saturated carbocycles. The lowest BCUT2D eigenvalue weighted by atomic mass is 10.1. The fraction of sp³-hybridized carbons (Fsp3) is 0.333. The van der Waals surface area contributed by atoms with Crippen molar-refractivity contribution >= 4 is 21.8 Å². The molecule has 2 aromatic rings. The molecule has 0 bridgehead atoms. The van der Waals surface area contributed by atoms with E-state index in [1.165, 1.54) is 0 Å². The van der Waals surface area contributed by atoms with Gasteiger partial charge in [-0.05, 0) is 35.3 Å². The lowest BCUT2D eigenvalue weighted by Gasteiger charge is -2.23. The zero-order chi connectivity index (χ0) is 14.7. The molecule has 1 aromatic carbocycles. The third-order valence-electron chi connectivity index (χ3n) is 3.61. The third-order valence-corrected chi connectivity index (χ3v) is 4.39. The molecule has 0 spiro atoms. The number of aromatic amines is 1. The zero-order valence-electron chi connectivity index (χ0n) is 11.5. The number of halogens is 1. The van der Waals surface area contributed by atoms with Gasteiger partial charge in [0.05, 0.1) is 4.47 Å². The van der Waals surface area contributed by atoms with Crippen LogP contribution in [0.3, 0.4) is 0 Å². The number of H-pyrrole nitrogens is 1. The summed E-state index contributed by atoms with van der Waals surface area (Å²) in [6.07, 6.45) is 2.10. The molecular weight excluding hydrogens is 332 g/mol. The van der Waals surface area contributed by atoms with Crippen LogP contribution < -0.4 is 10.6 Å². The van der Waals surface area contributed by atoms with Gasteiger partial charge >= 0.3 is 0 Å².